The lowest BCUT2D eigenvalue weighted by atomic mass is 9.70. The predicted octanol–water partition coefficient (Wildman–Crippen LogP) is 2.71. The lowest BCUT2D eigenvalue weighted by Crippen LogP contribution is -2.36. The maximum atomic E-state index is 12.6. The lowest BCUT2D eigenvalue weighted by Gasteiger charge is -2.32. The van der Waals surface area contributed by atoms with Crippen molar-refractivity contribution in [1.82, 2.24) is 10.4 Å². The first kappa shape index (κ1) is 16.8. The van der Waals surface area contributed by atoms with E-state index in [4.69, 9.17) is 0 Å². The van der Waals surface area contributed by atoms with Gasteiger partial charge in [-0.3, -0.25) is 14.8 Å². The van der Waals surface area contributed by atoms with E-state index in [0.717, 1.165) is 42.0 Å². The topological polar surface area (TPSA) is 69.6 Å². The van der Waals surface area contributed by atoms with E-state index in [2.05, 4.69) is 5.32 Å². The summed E-state index contributed by atoms with van der Waals surface area (Å²) in [5.41, 5.74) is 3.24. The summed E-state index contributed by atoms with van der Waals surface area (Å²) in [4.78, 5) is 24.9. The first-order valence-corrected chi connectivity index (χ1v) is 9.02. The molecule has 5 nitrogen and oxygen atoms in total. The van der Waals surface area contributed by atoms with Crippen molar-refractivity contribution < 1.29 is 14.8 Å². The summed E-state index contributed by atoms with van der Waals surface area (Å²) in [7, 11) is 0. The summed E-state index contributed by atoms with van der Waals surface area (Å²) in [5, 5.41) is 13.9. The van der Waals surface area contributed by atoms with Crippen LogP contribution in [0.1, 0.15) is 39.9 Å². The first-order chi connectivity index (χ1) is 12.6. The van der Waals surface area contributed by atoms with Gasteiger partial charge in [-0.2, -0.15) is 0 Å². The van der Waals surface area contributed by atoms with Crippen LogP contribution in [0.3, 0.4) is 0 Å². The van der Waals surface area contributed by atoms with Crippen molar-refractivity contribution in [3.8, 4) is 0 Å². The number of amides is 2. The van der Waals surface area contributed by atoms with Crippen LogP contribution in [0.25, 0.3) is 0 Å². The molecule has 4 rings (SSSR count). The summed E-state index contributed by atoms with van der Waals surface area (Å²) < 4.78 is 0. The van der Waals surface area contributed by atoms with Crippen LogP contribution in [-0.2, 0) is 24.2 Å². The number of fused-ring (bicyclic) bond motifs is 1. The number of carbonyl (C=O) groups is 2. The van der Waals surface area contributed by atoms with E-state index in [-0.39, 0.29) is 17.9 Å². The van der Waals surface area contributed by atoms with Crippen LogP contribution >= 0.6 is 0 Å². The molecule has 26 heavy (non-hydrogen) atoms. The van der Waals surface area contributed by atoms with Crippen molar-refractivity contribution in [3.63, 3.8) is 0 Å². The summed E-state index contributed by atoms with van der Waals surface area (Å²) in [6.45, 7) is 0.872. The fourth-order valence-electron chi connectivity index (χ4n) is 4.10. The normalized spacial score (nSPS) is 21.3. The Hall–Kier alpha value is -2.66. The number of carbonyl (C=O) groups excluding carboxylic acids is 2. The number of rotatable bonds is 3. The van der Waals surface area contributed by atoms with Gasteiger partial charge in [0, 0.05) is 12.1 Å². The van der Waals surface area contributed by atoms with E-state index < -0.39 is 5.91 Å². The number of aryl methyl sites for hydroxylation is 1. The molecule has 5 heteroatoms. The first-order valence-electron chi connectivity index (χ1n) is 9.02. The van der Waals surface area contributed by atoms with Crippen molar-refractivity contribution in [1.29, 1.82) is 0 Å². The quantitative estimate of drug-likeness (QED) is 0.661. The van der Waals surface area contributed by atoms with Crippen molar-refractivity contribution in [2.45, 2.75) is 32.2 Å². The van der Waals surface area contributed by atoms with Gasteiger partial charge in [0.15, 0.2) is 0 Å². The minimum atomic E-state index is -0.424. The smallest absolute Gasteiger partial charge is 0.277 e. The molecular formula is C21H22N2O3. The summed E-state index contributed by atoms with van der Waals surface area (Å²) in [6, 6.07) is 14.9. The number of hydrogen-bond donors (Lipinski definition) is 2. The number of benzene rings is 2. The number of nitrogens with zero attached hydrogens (tertiary/aromatic N) is 1. The zero-order valence-electron chi connectivity index (χ0n) is 14.6. The van der Waals surface area contributed by atoms with Gasteiger partial charge in [-0.1, -0.05) is 36.4 Å². The highest BCUT2D eigenvalue weighted by molar-refractivity contribution is 5.94. The zero-order valence-corrected chi connectivity index (χ0v) is 14.6. The Morgan fingerprint density at radius 3 is 2.65 bits per heavy atom. The van der Waals surface area contributed by atoms with Crippen LogP contribution < -0.4 is 5.32 Å². The molecule has 1 atom stereocenters. The molecular weight excluding hydrogens is 328 g/mol. The molecule has 1 saturated heterocycles. The van der Waals surface area contributed by atoms with Crippen LogP contribution in [0.4, 0.5) is 0 Å². The van der Waals surface area contributed by atoms with Crippen molar-refractivity contribution in [2.24, 2.45) is 5.41 Å². The molecule has 2 aromatic rings. The summed E-state index contributed by atoms with van der Waals surface area (Å²) >= 11 is 0. The maximum absolute atomic E-state index is 12.6. The molecule has 0 saturated carbocycles. The molecule has 1 spiro atoms. The van der Waals surface area contributed by atoms with Gasteiger partial charge in [0.2, 0.25) is 5.91 Å². The molecule has 1 aliphatic heterocycles. The average Bonchev–Trinajstić information content (AvgIpc) is 3.01. The van der Waals surface area contributed by atoms with Crippen LogP contribution in [0.15, 0.2) is 48.5 Å². The Morgan fingerprint density at radius 1 is 1.12 bits per heavy atom. The molecule has 1 aliphatic carbocycles. The molecule has 0 unspecified atom stereocenters. The molecule has 2 aliphatic rings. The fourth-order valence-corrected chi connectivity index (χ4v) is 4.10. The molecule has 2 amide bonds. The minimum absolute atomic E-state index is 0.132. The Balaban J connectivity index is 1.54. The van der Waals surface area contributed by atoms with E-state index in [1.165, 1.54) is 5.56 Å². The van der Waals surface area contributed by atoms with Crippen LogP contribution in [0.5, 0.6) is 0 Å². The molecule has 0 radical (unpaired) electrons. The molecule has 2 aromatic carbocycles. The third-order valence-electron chi connectivity index (χ3n) is 5.64. The Bertz CT molecular complexity index is 850. The lowest BCUT2D eigenvalue weighted by molar-refractivity contribution is -0.128. The maximum Gasteiger partial charge on any atom is 0.277 e. The van der Waals surface area contributed by atoms with Crippen LogP contribution in [-0.4, -0.2) is 28.6 Å². The number of hydroxylamine groups is 2. The van der Waals surface area contributed by atoms with Gasteiger partial charge in [0.1, 0.15) is 0 Å². The van der Waals surface area contributed by atoms with E-state index in [0.29, 0.717) is 12.0 Å². The second-order valence-corrected chi connectivity index (χ2v) is 7.29. The summed E-state index contributed by atoms with van der Waals surface area (Å²) in [5.74, 6) is -0.292. The Kier molecular flexibility index (Phi) is 4.24. The average molecular weight is 350 g/mol. The van der Waals surface area contributed by atoms with Crippen molar-refractivity contribution in [3.05, 3.63) is 70.8 Å². The van der Waals surface area contributed by atoms with Crippen LogP contribution in [0.2, 0.25) is 0 Å². The van der Waals surface area contributed by atoms with Gasteiger partial charge < -0.3 is 5.32 Å². The molecule has 1 fully saturated rings. The predicted molar refractivity (Wildman–Crippen MR) is 96.6 cm³/mol. The minimum Gasteiger partial charge on any atom is -0.356 e. The third kappa shape index (κ3) is 2.99. The Morgan fingerprint density at radius 2 is 1.92 bits per heavy atom. The van der Waals surface area contributed by atoms with E-state index in [9.17, 15) is 14.8 Å². The van der Waals surface area contributed by atoms with E-state index in [1.807, 2.05) is 42.5 Å². The third-order valence-corrected chi connectivity index (χ3v) is 5.64. The molecule has 2 N–H and O–H groups in total. The molecule has 134 valence electrons. The Labute approximate surface area is 152 Å². The SMILES string of the molecule is O=C(c1ccc2c(c1)C[C@@]1(CCNC1=O)CC2)N(O)Cc1ccccc1. The van der Waals surface area contributed by atoms with Gasteiger partial charge in [-0.15, -0.1) is 0 Å². The van der Waals surface area contributed by atoms with Gasteiger partial charge in [-0.25, -0.2) is 5.06 Å². The van der Waals surface area contributed by atoms with Crippen molar-refractivity contribution in [2.75, 3.05) is 6.54 Å². The van der Waals surface area contributed by atoms with E-state index in [1.54, 1.807) is 6.07 Å². The molecule has 0 aromatic heterocycles. The monoisotopic (exact) mass is 350 g/mol. The molecule has 1 heterocycles. The zero-order chi connectivity index (χ0) is 18.1. The van der Waals surface area contributed by atoms with Gasteiger partial charge in [-0.05, 0) is 54.5 Å². The second-order valence-electron chi connectivity index (χ2n) is 7.29. The van der Waals surface area contributed by atoms with Crippen molar-refractivity contribution >= 4 is 11.8 Å². The standard InChI is InChI=1S/C21H22N2O3/c24-19(23(26)14-15-4-2-1-3-5-15)17-7-6-16-8-9-21(13-18(16)12-17)10-11-22-20(21)25/h1-7,12,26H,8-11,13-14H2,(H,22,25)/t21-/m0/s1. The van der Waals surface area contributed by atoms with Crippen LogP contribution in [0, 0.1) is 5.41 Å². The number of nitrogens with one attached hydrogen (secondary N) is 1. The highest BCUT2D eigenvalue weighted by Crippen LogP contribution is 2.41. The van der Waals surface area contributed by atoms with Gasteiger partial charge >= 0.3 is 0 Å². The van der Waals surface area contributed by atoms with Gasteiger partial charge in [0.25, 0.3) is 5.91 Å². The summed E-state index contributed by atoms with van der Waals surface area (Å²) in [6.07, 6.45) is 3.23. The fraction of sp³-hybridized carbons (Fsp3) is 0.333. The highest BCUT2D eigenvalue weighted by atomic mass is 16.5. The number of hydrogen-bond acceptors (Lipinski definition) is 3. The second kappa shape index (κ2) is 6.57. The van der Waals surface area contributed by atoms with E-state index >= 15 is 0 Å². The van der Waals surface area contributed by atoms with Gasteiger partial charge in [0.05, 0.1) is 12.0 Å². The molecule has 0 bridgehead atoms. The highest BCUT2D eigenvalue weighted by Gasteiger charge is 2.44. The largest absolute Gasteiger partial charge is 0.356 e.